The van der Waals surface area contributed by atoms with Crippen LogP contribution in [0.15, 0.2) is 77.3 Å². The Kier molecular flexibility index (Phi) is 6.25. The molecule has 0 aliphatic rings. The van der Waals surface area contributed by atoms with Crippen LogP contribution in [0.4, 0.5) is 10.8 Å². The number of rotatable bonds is 7. The minimum Gasteiger partial charge on any atom is -0.322 e. The van der Waals surface area contributed by atoms with E-state index in [4.69, 9.17) is 4.98 Å². The second kappa shape index (κ2) is 9.51. The predicted molar refractivity (Wildman–Crippen MR) is 141 cm³/mol. The molecule has 0 saturated carbocycles. The molecule has 0 spiro atoms. The van der Waals surface area contributed by atoms with Crippen LogP contribution in [-0.2, 0) is 16.6 Å². The third-order valence-corrected chi connectivity index (χ3v) is 7.89. The van der Waals surface area contributed by atoms with Gasteiger partial charge in [0.15, 0.2) is 5.13 Å². The van der Waals surface area contributed by atoms with Gasteiger partial charge in [-0.2, -0.15) is 5.10 Å². The number of sulfonamides is 1. The van der Waals surface area contributed by atoms with Gasteiger partial charge in [0.2, 0.25) is 0 Å². The summed E-state index contributed by atoms with van der Waals surface area (Å²) in [6, 6.07) is 15.2. The molecule has 36 heavy (non-hydrogen) atoms. The van der Waals surface area contributed by atoms with Gasteiger partial charge in [-0.3, -0.25) is 14.2 Å². The first kappa shape index (κ1) is 23.6. The molecule has 2 N–H and O–H groups in total. The Balaban J connectivity index is 1.44. The lowest BCUT2D eigenvalue weighted by Gasteiger charge is -2.11. The predicted octanol–water partition coefficient (Wildman–Crippen LogP) is 4.94. The molecule has 0 unspecified atom stereocenters. The van der Waals surface area contributed by atoms with Gasteiger partial charge in [0.05, 0.1) is 27.9 Å². The summed E-state index contributed by atoms with van der Waals surface area (Å²) in [5, 5.41) is 9.96. The van der Waals surface area contributed by atoms with E-state index in [2.05, 4.69) is 20.1 Å². The summed E-state index contributed by atoms with van der Waals surface area (Å²) in [6.07, 6.45) is 3.28. The monoisotopic (exact) mass is 518 g/mol. The van der Waals surface area contributed by atoms with Gasteiger partial charge in [0.25, 0.3) is 15.9 Å². The highest BCUT2D eigenvalue weighted by molar-refractivity contribution is 7.93. The quantitative estimate of drug-likeness (QED) is 0.315. The van der Waals surface area contributed by atoms with Crippen molar-refractivity contribution in [2.45, 2.75) is 25.3 Å². The molecule has 0 aliphatic heterocycles. The number of aromatic nitrogens is 4. The zero-order valence-corrected chi connectivity index (χ0v) is 21.1. The minimum atomic E-state index is -3.78. The number of carbonyl (C=O) groups is 1. The fourth-order valence-electron chi connectivity index (χ4n) is 3.88. The Labute approximate surface area is 211 Å². The van der Waals surface area contributed by atoms with Crippen LogP contribution in [0.3, 0.4) is 0 Å². The van der Waals surface area contributed by atoms with Crippen LogP contribution in [0, 0.1) is 6.92 Å². The highest BCUT2D eigenvalue weighted by Crippen LogP contribution is 2.28. The fourth-order valence-corrected chi connectivity index (χ4v) is 5.67. The topological polar surface area (TPSA) is 119 Å². The summed E-state index contributed by atoms with van der Waals surface area (Å²) in [7, 11) is -3.78. The molecular formula is C25H22N6O3S2. The van der Waals surface area contributed by atoms with Crippen LogP contribution in [0.1, 0.15) is 23.0 Å². The van der Waals surface area contributed by atoms with E-state index in [1.165, 1.54) is 29.7 Å². The molecule has 0 radical (unpaired) electrons. The van der Waals surface area contributed by atoms with Crippen molar-refractivity contribution in [1.82, 2.24) is 19.7 Å². The molecule has 2 aromatic carbocycles. The first-order valence-corrected chi connectivity index (χ1v) is 13.5. The van der Waals surface area contributed by atoms with Crippen LogP contribution in [-0.4, -0.2) is 34.1 Å². The number of hydrogen-bond donors (Lipinski definition) is 2. The fraction of sp³-hybridized carbons (Fsp3) is 0.120. The summed E-state index contributed by atoms with van der Waals surface area (Å²) in [5.74, 6) is -0.327. The van der Waals surface area contributed by atoms with Crippen molar-refractivity contribution in [2.75, 3.05) is 10.0 Å². The van der Waals surface area contributed by atoms with Crippen LogP contribution >= 0.6 is 11.3 Å². The number of carbonyl (C=O) groups excluding carboxylic acids is 1. The minimum absolute atomic E-state index is 0.0655. The Morgan fingerprint density at radius 2 is 1.89 bits per heavy atom. The number of nitrogens with one attached hydrogen (secondary N) is 2. The average Bonchev–Trinajstić information content (AvgIpc) is 3.52. The van der Waals surface area contributed by atoms with E-state index >= 15 is 0 Å². The van der Waals surface area contributed by atoms with Crippen molar-refractivity contribution < 1.29 is 13.2 Å². The number of para-hydroxylation sites is 1. The highest BCUT2D eigenvalue weighted by atomic mass is 32.2. The van der Waals surface area contributed by atoms with Crippen molar-refractivity contribution in [3.05, 3.63) is 83.6 Å². The molecule has 11 heteroatoms. The first-order valence-electron chi connectivity index (χ1n) is 11.1. The number of fused-ring (bicyclic) bond motifs is 1. The average molecular weight is 519 g/mol. The molecule has 5 aromatic rings. The largest absolute Gasteiger partial charge is 0.322 e. The van der Waals surface area contributed by atoms with E-state index in [-0.39, 0.29) is 15.9 Å². The Hall–Kier alpha value is -4.09. The number of anilines is 2. The van der Waals surface area contributed by atoms with Crippen molar-refractivity contribution in [3.8, 4) is 11.3 Å². The molecule has 3 aromatic heterocycles. The summed E-state index contributed by atoms with van der Waals surface area (Å²) >= 11 is 1.19. The van der Waals surface area contributed by atoms with Crippen LogP contribution < -0.4 is 10.0 Å². The lowest BCUT2D eigenvalue weighted by atomic mass is 10.0. The molecular weight excluding hydrogens is 496 g/mol. The third-order valence-electron chi connectivity index (χ3n) is 5.72. The molecule has 1 amide bonds. The van der Waals surface area contributed by atoms with Gasteiger partial charge in [-0.25, -0.2) is 18.4 Å². The normalized spacial score (nSPS) is 11.5. The second-order valence-corrected chi connectivity index (χ2v) is 10.5. The number of pyridine rings is 1. The SMILES string of the molecule is CCn1ncc(-c2cc(C(=O)Nc3ccc(S(=O)(=O)Nc4nccs4)cc3)c3ccccc3n2)c1C. The maximum atomic E-state index is 13.4. The van der Waals surface area contributed by atoms with Gasteiger partial charge in [-0.05, 0) is 50.2 Å². The third kappa shape index (κ3) is 4.58. The van der Waals surface area contributed by atoms with E-state index in [0.29, 0.717) is 27.8 Å². The number of benzene rings is 2. The summed E-state index contributed by atoms with van der Waals surface area (Å²) < 4.78 is 29.5. The van der Waals surface area contributed by atoms with Crippen LogP contribution in [0.25, 0.3) is 22.2 Å². The van der Waals surface area contributed by atoms with E-state index in [0.717, 1.165) is 17.8 Å². The smallest absolute Gasteiger partial charge is 0.263 e. The van der Waals surface area contributed by atoms with Crippen LogP contribution in [0.5, 0.6) is 0 Å². The van der Waals surface area contributed by atoms with Crippen molar-refractivity contribution in [3.63, 3.8) is 0 Å². The second-order valence-electron chi connectivity index (χ2n) is 7.95. The van der Waals surface area contributed by atoms with Gasteiger partial charge < -0.3 is 5.32 Å². The van der Waals surface area contributed by atoms with E-state index in [9.17, 15) is 13.2 Å². The van der Waals surface area contributed by atoms with Gasteiger partial charge in [0.1, 0.15) is 0 Å². The molecule has 0 bridgehead atoms. The van der Waals surface area contributed by atoms with Gasteiger partial charge in [-0.1, -0.05) is 18.2 Å². The van der Waals surface area contributed by atoms with E-state index in [1.54, 1.807) is 29.8 Å². The van der Waals surface area contributed by atoms with Gasteiger partial charge >= 0.3 is 0 Å². The number of thiazole rings is 1. The maximum absolute atomic E-state index is 13.4. The van der Waals surface area contributed by atoms with Crippen molar-refractivity contribution in [1.29, 1.82) is 0 Å². The van der Waals surface area contributed by atoms with E-state index < -0.39 is 10.0 Å². The summed E-state index contributed by atoms with van der Waals surface area (Å²) in [4.78, 5) is 22.1. The number of aryl methyl sites for hydroxylation is 1. The molecule has 0 fully saturated rings. The lowest BCUT2D eigenvalue weighted by molar-refractivity contribution is 0.102. The van der Waals surface area contributed by atoms with Gasteiger partial charge in [0, 0.05) is 40.5 Å². The highest BCUT2D eigenvalue weighted by Gasteiger charge is 2.18. The first-order chi connectivity index (χ1) is 17.4. The standard InChI is InChI=1S/C25H22N6O3S2/c1-3-31-16(2)21(15-27-31)23-14-20(19-6-4-5-7-22(19)29-23)24(32)28-17-8-10-18(11-9-17)36(33,34)30-25-26-12-13-35-25/h4-15H,3H2,1-2H3,(H,26,30)(H,28,32). The Morgan fingerprint density at radius 1 is 1.11 bits per heavy atom. The number of nitrogens with zero attached hydrogens (tertiary/aromatic N) is 4. The van der Waals surface area contributed by atoms with Crippen molar-refractivity contribution >= 4 is 49.0 Å². The lowest BCUT2D eigenvalue weighted by Crippen LogP contribution is -2.14. The number of amides is 1. The van der Waals surface area contributed by atoms with E-state index in [1.807, 2.05) is 42.8 Å². The molecule has 3 heterocycles. The zero-order valence-electron chi connectivity index (χ0n) is 19.5. The molecule has 0 saturated heterocycles. The molecule has 0 aliphatic carbocycles. The summed E-state index contributed by atoms with van der Waals surface area (Å²) in [6.45, 7) is 4.72. The number of hydrogen-bond acceptors (Lipinski definition) is 7. The molecule has 5 rings (SSSR count). The Morgan fingerprint density at radius 3 is 2.58 bits per heavy atom. The molecule has 0 atom stereocenters. The summed E-state index contributed by atoms with van der Waals surface area (Å²) in [5.41, 5.74) is 4.10. The maximum Gasteiger partial charge on any atom is 0.263 e. The van der Waals surface area contributed by atoms with Crippen LogP contribution in [0.2, 0.25) is 0 Å². The zero-order chi connectivity index (χ0) is 25.3. The molecule has 182 valence electrons. The molecule has 9 nitrogen and oxygen atoms in total. The van der Waals surface area contributed by atoms with Crippen molar-refractivity contribution in [2.24, 2.45) is 0 Å². The van der Waals surface area contributed by atoms with Gasteiger partial charge in [-0.15, -0.1) is 11.3 Å². The Bertz CT molecular complexity index is 1660.